The van der Waals surface area contributed by atoms with E-state index in [9.17, 15) is 18.0 Å². The Hall–Kier alpha value is -4.05. The normalized spacial score (nSPS) is 12.0. The van der Waals surface area contributed by atoms with Gasteiger partial charge in [0.05, 0.1) is 26.2 Å². The van der Waals surface area contributed by atoms with Crippen LogP contribution in [0.2, 0.25) is 0 Å². The number of ether oxygens (including phenoxy) is 2. The fourth-order valence-electron chi connectivity index (χ4n) is 4.57. The molecule has 0 aliphatic carbocycles. The number of amides is 2. The van der Waals surface area contributed by atoms with E-state index in [1.807, 2.05) is 75.4 Å². The third kappa shape index (κ3) is 8.97. The molecule has 0 aliphatic heterocycles. The molecule has 226 valence electrons. The summed E-state index contributed by atoms with van der Waals surface area (Å²) in [6.45, 7) is 5.94. The van der Waals surface area contributed by atoms with Gasteiger partial charge in [0.1, 0.15) is 24.1 Å². The van der Waals surface area contributed by atoms with Crippen LogP contribution < -0.4 is 19.1 Å². The van der Waals surface area contributed by atoms with Crippen molar-refractivity contribution in [3.8, 4) is 11.5 Å². The van der Waals surface area contributed by atoms with E-state index >= 15 is 0 Å². The van der Waals surface area contributed by atoms with Crippen LogP contribution in [0.15, 0.2) is 72.8 Å². The summed E-state index contributed by atoms with van der Waals surface area (Å²) in [6.07, 6.45) is 1.28. The molecular formula is C32H41N3O6S. The molecule has 0 aromatic heterocycles. The summed E-state index contributed by atoms with van der Waals surface area (Å²) in [5.74, 6) is 0.0210. The Balaban J connectivity index is 2.10. The molecule has 0 bridgehead atoms. The third-order valence-corrected chi connectivity index (χ3v) is 7.85. The topological polar surface area (TPSA) is 105 Å². The van der Waals surface area contributed by atoms with Crippen molar-refractivity contribution in [3.05, 3.63) is 89.5 Å². The third-order valence-electron chi connectivity index (χ3n) is 6.72. The Labute approximate surface area is 249 Å². The molecule has 9 nitrogen and oxygen atoms in total. The number of nitrogens with zero attached hydrogens (tertiary/aromatic N) is 2. The second-order valence-electron chi connectivity index (χ2n) is 10.7. The van der Waals surface area contributed by atoms with Crippen molar-refractivity contribution in [2.75, 3.05) is 37.9 Å². The molecule has 0 heterocycles. The number of carbonyl (C=O) groups excluding carboxylic acids is 2. The minimum Gasteiger partial charge on any atom is -0.497 e. The van der Waals surface area contributed by atoms with Gasteiger partial charge in [0, 0.05) is 25.6 Å². The van der Waals surface area contributed by atoms with Crippen molar-refractivity contribution in [1.29, 1.82) is 0 Å². The van der Waals surface area contributed by atoms with Crippen LogP contribution in [-0.4, -0.2) is 64.7 Å². The number of hydrogen-bond acceptors (Lipinski definition) is 6. The predicted octanol–water partition coefficient (Wildman–Crippen LogP) is 4.19. The smallest absolute Gasteiger partial charge is 0.244 e. The van der Waals surface area contributed by atoms with E-state index in [0.29, 0.717) is 12.3 Å². The van der Waals surface area contributed by atoms with Gasteiger partial charge in [-0.15, -0.1) is 0 Å². The monoisotopic (exact) mass is 595 g/mol. The molecule has 3 aromatic carbocycles. The zero-order valence-corrected chi connectivity index (χ0v) is 26.0. The van der Waals surface area contributed by atoms with Crippen LogP contribution in [0.3, 0.4) is 0 Å². The van der Waals surface area contributed by atoms with Crippen LogP contribution >= 0.6 is 0 Å². The van der Waals surface area contributed by atoms with Crippen molar-refractivity contribution < 1.29 is 27.5 Å². The van der Waals surface area contributed by atoms with Gasteiger partial charge in [-0.2, -0.15) is 0 Å². The molecule has 0 spiro atoms. The fourth-order valence-corrected chi connectivity index (χ4v) is 5.42. The van der Waals surface area contributed by atoms with Crippen LogP contribution in [0.5, 0.6) is 11.5 Å². The molecule has 1 unspecified atom stereocenters. The Morgan fingerprint density at radius 2 is 1.60 bits per heavy atom. The lowest BCUT2D eigenvalue weighted by Gasteiger charge is -2.34. The van der Waals surface area contributed by atoms with E-state index in [1.165, 1.54) is 25.2 Å². The maximum atomic E-state index is 14.3. The highest BCUT2D eigenvalue weighted by Crippen LogP contribution is 2.34. The predicted molar refractivity (Wildman–Crippen MR) is 165 cm³/mol. The van der Waals surface area contributed by atoms with Gasteiger partial charge in [-0.1, -0.05) is 74.0 Å². The van der Waals surface area contributed by atoms with Crippen molar-refractivity contribution in [2.45, 2.75) is 39.8 Å². The number of sulfonamides is 1. The van der Waals surface area contributed by atoms with Gasteiger partial charge in [-0.25, -0.2) is 8.42 Å². The summed E-state index contributed by atoms with van der Waals surface area (Å²) < 4.78 is 38.0. The summed E-state index contributed by atoms with van der Waals surface area (Å²) in [5.41, 5.74) is 2.86. The highest BCUT2D eigenvalue weighted by atomic mass is 32.2. The molecule has 0 fully saturated rings. The number of benzene rings is 3. The van der Waals surface area contributed by atoms with E-state index in [2.05, 4.69) is 5.32 Å². The van der Waals surface area contributed by atoms with Crippen LogP contribution in [0, 0.1) is 12.8 Å². The highest BCUT2D eigenvalue weighted by molar-refractivity contribution is 7.92. The molecule has 0 aliphatic rings. The Morgan fingerprint density at radius 1 is 0.905 bits per heavy atom. The average Bonchev–Trinajstić information content (AvgIpc) is 2.96. The molecule has 42 heavy (non-hydrogen) atoms. The maximum absolute atomic E-state index is 14.3. The number of aryl methyl sites for hydroxylation is 1. The van der Waals surface area contributed by atoms with Gasteiger partial charge in [-0.05, 0) is 36.1 Å². The molecule has 0 saturated heterocycles. The lowest BCUT2D eigenvalue weighted by Crippen LogP contribution is -2.53. The average molecular weight is 596 g/mol. The number of hydrogen-bond donors (Lipinski definition) is 1. The number of nitrogens with one attached hydrogen (secondary N) is 1. The Bertz CT molecular complexity index is 1460. The molecule has 1 atom stereocenters. The molecule has 2 amide bonds. The van der Waals surface area contributed by atoms with E-state index < -0.39 is 28.5 Å². The number of methoxy groups -OCH3 is 2. The SMILES string of the molecule is COc1ccc(OC)c(N(CC(=O)N(Cc2cccc(C)c2)C(Cc2ccccc2)C(=O)NCC(C)C)S(C)(=O)=O)c1. The summed E-state index contributed by atoms with van der Waals surface area (Å²) >= 11 is 0. The van der Waals surface area contributed by atoms with E-state index in [0.717, 1.165) is 27.3 Å². The van der Waals surface area contributed by atoms with E-state index in [-0.39, 0.29) is 36.2 Å². The van der Waals surface area contributed by atoms with Gasteiger partial charge in [0.2, 0.25) is 21.8 Å². The first-order valence-corrected chi connectivity index (χ1v) is 15.6. The lowest BCUT2D eigenvalue weighted by molar-refractivity contribution is -0.140. The molecule has 3 aromatic rings. The Morgan fingerprint density at radius 3 is 2.19 bits per heavy atom. The summed E-state index contributed by atoms with van der Waals surface area (Å²) in [7, 11) is -1.07. The first kappa shape index (κ1) is 32.5. The highest BCUT2D eigenvalue weighted by Gasteiger charge is 2.34. The molecule has 0 radical (unpaired) electrons. The standard InChI is InChI=1S/C32H41N3O6S/c1-23(2)20-33-32(37)29(18-25-12-8-7-9-13-25)34(21-26-14-10-11-24(3)17-26)31(36)22-35(42(6,38)39)28-19-27(40-4)15-16-30(28)41-5/h7-17,19,23,29H,18,20-22H2,1-6H3,(H,33,37). The maximum Gasteiger partial charge on any atom is 0.244 e. The summed E-state index contributed by atoms with van der Waals surface area (Å²) in [4.78, 5) is 29.5. The van der Waals surface area contributed by atoms with Gasteiger partial charge in [0.25, 0.3) is 0 Å². The van der Waals surface area contributed by atoms with Crippen LogP contribution in [0.4, 0.5) is 5.69 Å². The van der Waals surface area contributed by atoms with Crippen molar-refractivity contribution in [2.24, 2.45) is 5.92 Å². The molecule has 10 heteroatoms. The molecule has 0 saturated carbocycles. The van der Waals surface area contributed by atoms with Gasteiger partial charge < -0.3 is 19.7 Å². The van der Waals surface area contributed by atoms with Crippen LogP contribution in [0.25, 0.3) is 0 Å². The van der Waals surface area contributed by atoms with Crippen molar-refractivity contribution in [1.82, 2.24) is 10.2 Å². The van der Waals surface area contributed by atoms with Crippen LogP contribution in [-0.2, 0) is 32.6 Å². The minimum absolute atomic E-state index is 0.111. The quantitative estimate of drug-likeness (QED) is 0.300. The first-order chi connectivity index (χ1) is 19.9. The van der Waals surface area contributed by atoms with Crippen molar-refractivity contribution in [3.63, 3.8) is 0 Å². The molecule has 1 N–H and O–H groups in total. The minimum atomic E-state index is -3.96. The van der Waals surface area contributed by atoms with Gasteiger partial charge >= 0.3 is 0 Å². The van der Waals surface area contributed by atoms with Crippen LogP contribution in [0.1, 0.15) is 30.5 Å². The number of rotatable bonds is 14. The van der Waals surface area contributed by atoms with Gasteiger partial charge in [-0.3, -0.25) is 13.9 Å². The van der Waals surface area contributed by atoms with E-state index in [4.69, 9.17) is 9.47 Å². The van der Waals surface area contributed by atoms with Gasteiger partial charge in [0.15, 0.2) is 0 Å². The Kier molecular flexibility index (Phi) is 11.4. The first-order valence-electron chi connectivity index (χ1n) is 13.8. The largest absolute Gasteiger partial charge is 0.497 e. The summed E-state index contributed by atoms with van der Waals surface area (Å²) in [5, 5.41) is 2.98. The fraction of sp³-hybridized carbons (Fsp3) is 0.375. The zero-order chi connectivity index (χ0) is 30.9. The van der Waals surface area contributed by atoms with Crippen molar-refractivity contribution >= 4 is 27.5 Å². The molecule has 3 rings (SSSR count). The zero-order valence-electron chi connectivity index (χ0n) is 25.2. The molecular weight excluding hydrogens is 554 g/mol. The number of carbonyl (C=O) groups is 2. The lowest BCUT2D eigenvalue weighted by atomic mass is 10.0. The second-order valence-corrected chi connectivity index (χ2v) is 12.6. The second kappa shape index (κ2) is 14.7. The number of anilines is 1. The van der Waals surface area contributed by atoms with E-state index in [1.54, 1.807) is 12.1 Å². The summed E-state index contributed by atoms with van der Waals surface area (Å²) in [6, 6.07) is 21.0.